The molecule has 2 rings (SSSR count). The molecule has 3 nitrogen and oxygen atoms in total. The predicted molar refractivity (Wildman–Crippen MR) is 70.1 cm³/mol. The van der Waals surface area contributed by atoms with Crippen LogP contribution in [0.2, 0.25) is 0 Å². The van der Waals surface area contributed by atoms with E-state index in [1.165, 1.54) is 17.7 Å². The van der Waals surface area contributed by atoms with Crippen LogP contribution in [0.25, 0.3) is 0 Å². The second-order valence-corrected chi connectivity index (χ2v) is 6.13. The fraction of sp³-hybridized carbons (Fsp3) is 0.750. The highest BCUT2D eigenvalue weighted by Crippen LogP contribution is 2.24. The largest absolute Gasteiger partial charge is 0.351 e. The number of nitrogens with one attached hydrogen (secondary N) is 1. The third-order valence-corrected chi connectivity index (χ3v) is 3.76. The van der Waals surface area contributed by atoms with Crippen molar-refractivity contribution in [3.05, 3.63) is 11.1 Å². The molecule has 0 saturated heterocycles. The summed E-state index contributed by atoms with van der Waals surface area (Å²) in [6.45, 7) is 6.53. The molecule has 0 bridgehead atoms. The average molecular weight is 239 g/mol. The van der Waals surface area contributed by atoms with Gasteiger partial charge in [0, 0.05) is 37.3 Å². The van der Waals surface area contributed by atoms with Crippen molar-refractivity contribution < 1.29 is 0 Å². The molecule has 1 aliphatic carbocycles. The maximum absolute atomic E-state index is 4.47. The lowest BCUT2D eigenvalue weighted by molar-refractivity contribution is 0.637. The van der Waals surface area contributed by atoms with Crippen LogP contribution in [-0.4, -0.2) is 24.6 Å². The van der Waals surface area contributed by atoms with Gasteiger partial charge in [0.15, 0.2) is 5.13 Å². The quantitative estimate of drug-likeness (QED) is 0.826. The first kappa shape index (κ1) is 11.9. The minimum absolute atomic E-state index is 0.682. The maximum Gasteiger partial charge on any atom is 0.185 e. The molecule has 0 unspecified atom stereocenters. The monoisotopic (exact) mass is 239 g/mol. The van der Waals surface area contributed by atoms with E-state index in [1.54, 1.807) is 11.3 Å². The van der Waals surface area contributed by atoms with E-state index in [1.807, 2.05) is 6.20 Å². The van der Waals surface area contributed by atoms with Gasteiger partial charge in [0.1, 0.15) is 0 Å². The van der Waals surface area contributed by atoms with Gasteiger partial charge < -0.3 is 10.2 Å². The third-order valence-electron chi connectivity index (χ3n) is 2.65. The Bertz CT molecular complexity index is 331. The normalized spacial score (nSPS) is 15.8. The zero-order valence-electron chi connectivity index (χ0n) is 10.4. The first-order chi connectivity index (χ1) is 7.65. The Balaban J connectivity index is 1.84. The van der Waals surface area contributed by atoms with E-state index in [2.05, 4.69) is 36.1 Å². The molecule has 0 spiro atoms. The van der Waals surface area contributed by atoms with Gasteiger partial charge in [-0.3, -0.25) is 0 Å². The van der Waals surface area contributed by atoms with E-state index >= 15 is 0 Å². The number of aromatic nitrogens is 1. The predicted octanol–water partition coefficient (Wildman–Crippen LogP) is 2.49. The smallest absolute Gasteiger partial charge is 0.185 e. The molecule has 1 aromatic rings. The molecule has 1 aliphatic rings. The first-order valence-electron chi connectivity index (χ1n) is 6.04. The molecule has 1 aromatic heterocycles. The maximum atomic E-state index is 4.47. The molecular formula is C12H21N3S. The number of rotatable bonds is 6. The van der Waals surface area contributed by atoms with Crippen molar-refractivity contribution in [2.45, 2.75) is 39.3 Å². The van der Waals surface area contributed by atoms with Crippen molar-refractivity contribution in [3.8, 4) is 0 Å². The zero-order valence-corrected chi connectivity index (χ0v) is 11.2. The van der Waals surface area contributed by atoms with Crippen molar-refractivity contribution in [3.63, 3.8) is 0 Å². The summed E-state index contributed by atoms with van der Waals surface area (Å²) in [5.41, 5.74) is 0. The van der Waals surface area contributed by atoms with Crippen molar-refractivity contribution in [2.75, 3.05) is 18.5 Å². The van der Waals surface area contributed by atoms with Crippen LogP contribution in [0.5, 0.6) is 0 Å². The number of thiazole rings is 1. The highest BCUT2D eigenvalue weighted by molar-refractivity contribution is 7.15. The van der Waals surface area contributed by atoms with Gasteiger partial charge in [0.2, 0.25) is 0 Å². The van der Waals surface area contributed by atoms with Crippen LogP contribution < -0.4 is 10.2 Å². The van der Waals surface area contributed by atoms with Gasteiger partial charge in [-0.2, -0.15) is 0 Å². The molecule has 1 heterocycles. The third kappa shape index (κ3) is 3.46. The van der Waals surface area contributed by atoms with Crippen molar-refractivity contribution >= 4 is 16.5 Å². The summed E-state index contributed by atoms with van der Waals surface area (Å²) in [4.78, 5) is 8.06. The fourth-order valence-corrected chi connectivity index (χ4v) is 2.54. The summed E-state index contributed by atoms with van der Waals surface area (Å²) in [5, 5.41) is 4.66. The van der Waals surface area contributed by atoms with Crippen LogP contribution in [0.3, 0.4) is 0 Å². The summed E-state index contributed by atoms with van der Waals surface area (Å²) in [6.07, 6.45) is 4.70. The van der Waals surface area contributed by atoms with Crippen LogP contribution in [0.1, 0.15) is 31.6 Å². The van der Waals surface area contributed by atoms with Crippen LogP contribution in [0.4, 0.5) is 5.13 Å². The van der Waals surface area contributed by atoms with Gasteiger partial charge in [0.05, 0.1) is 0 Å². The number of anilines is 1. The lowest BCUT2D eigenvalue weighted by atomic mass is 10.2. The molecule has 90 valence electrons. The standard InChI is InChI=1S/C12H21N3S/c1-9(2)8-15(3)12-14-7-11(16-12)6-13-10-4-5-10/h7,9-10,13H,4-6,8H2,1-3H3. The highest BCUT2D eigenvalue weighted by atomic mass is 32.1. The number of hydrogen-bond acceptors (Lipinski definition) is 4. The van der Waals surface area contributed by atoms with Gasteiger partial charge in [-0.1, -0.05) is 13.8 Å². The van der Waals surface area contributed by atoms with E-state index in [-0.39, 0.29) is 0 Å². The minimum Gasteiger partial charge on any atom is -0.351 e. The van der Waals surface area contributed by atoms with Gasteiger partial charge in [-0.15, -0.1) is 11.3 Å². The summed E-state index contributed by atoms with van der Waals surface area (Å²) < 4.78 is 0. The Hall–Kier alpha value is -0.610. The van der Waals surface area contributed by atoms with E-state index in [0.29, 0.717) is 5.92 Å². The van der Waals surface area contributed by atoms with E-state index in [0.717, 1.165) is 24.3 Å². The molecule has 4 heteroatoms. The second kappa shape index (κ2) is 5.15. The van der Waals surface area contributed by atoms with E-state index < -0.39 is 0 Å². The van der Waals surface area contributed by atoms with Gasteiger partial charge in [-0.25, -0.2) is 4.98 Å². The number of hydrogen-bond donors (Lipinski definition) is 1. The minimum atomic E-state index is 0.682. The lowest BCUT2D eigenvalue weighted by Gasteiger charge is -2.17. The summed E-state index contributed by atoms with van der Waals surface area (Å²) in [5.74, 6) is 0.682. The number of nitrogens with zero attached hydrogens (tertiary/aromatic N) is 2. The van der Waals surface area contributed by atoms with Gasteiger partial charge in [-0.05, 0) is 18.8 Å². The molecule has 1 N–H and O–H groups in total. The molecule has 0 radical (unpaired) electrons. The molecule has 16 heavy (non-hydrogen) atoms. The SMILES string of the molecule is CC(C)CN(C)c1ncc(CNC2CC2)s1. The van der Waals surface area contributed by atoms with Crippen molar-refractivity contribution in [2.24, 2.45) is 5.92 Å². The Kier molecular flexibility index (Phi) is 3.82. The molecule has 0 atom stereocenters. The summed E-state index contributed by atoms with van der Waals surface area (Å²) in [7, 11) is 2.12. The van der Waals surface area contributed by atoms with E-state index in [9.17, 15) is 0 Å². The Morgan fingerprint density at radius 2 is 2.31 bits per heavy atom. The Morgan fingerprint density at radius 1 is 1.56 bits per heavy atom. The molecule has 0 amide bonds. The van der Waals surface area contributed by atoms with Gasteiger partial charge in [0.25, 0.3) is 0 Å². The Morgan fingerprint density at radius 3 is 2.94 bits per heavy atom. The summed E-state index contributed by atoms with van der Waals surface area (Å²) >= 11 is 1.81. The van der Waals surface area contributed by atoms with Crippen LogP contribution in [0.15, 0.2) is 6.20 Å². The topological polar surface area (TPSA) is 28.2 Å². The van der Waals surface area contributed by atoms with Crippen LogP contribution in [-0.2, 0) is 6.54 Å². The fourth-order valence-electron chi connectivity index (χ4n) is 1.71. The summed E-state index contributed by atoms with van der Waals surface area (Å²) in [6, 6.07) is 0.777. The van der Waals surface area contributed by atoms with E-state index in [4.69, 9.17) is 0 Å². The first-order valence-corrected chi connectivity index (χ1v) is 6.86. The van der Waals surface area contributed by atoms with Crippen LogP contribution >= 0.6 is 11.3 Å². The Labute approximate surface area is 102 Å². The molecule has 0 aliphatic heterocycles. The lowest BCUT2D eigenvalue weighted by Crippen LogP contribution is -2.22. The zero-order chi connectivity index (χ0) is 11.5. The highest BCUT2D eigenvalue weighted by Gasteiger charge is 2.20. The van der Waals surface area contributed by atoms with Crippen molar-refractivity contribution in [1.82, 2.24) is 10.3 Å². The second-order valence-electron chi connectivity index (χ2n) is 5.04. The van der Waals surface area contributed by atoms with Gasteiger partial charge >= 0.3 is 0 Å². The molecule has 0 aromatic carbocycles. The molecular weight excluding hydrogens is 218 g/mol. The van der Waals surface area contributed by atoms with Crippen LogP contribution in [0, 0.1) is 5.92 Å². The molecule has 1 saturated carbocycles. The molecule has 1 fully saturated rings. The van der Waals surface area contributed by atoms with Crippen molar-refractivity contribution in [1.29, 1.82) is 0 Å². The average Bonchev–Trinajstić information content (AvgIpc) is 2.92.